The van der Waals surface area contributed by atoms with E-state index in [1.807, 2.05) is 6.92 Å². The predicted molar refractivity (Wildman–Crippen MR) is 96.2 cm³/mol. The third-order valence-electron chi connectivity index (χ3n) is 3.72. The number of benzene rings is 2. The molecule has 2 aromatic carbocycles. The van der Waals surface area contributed by atoms with Crippen molar-refractivity contribution < 1.29 is 17.6 Å². The molecular formula is C18H21FN2O3S. The first-order valence-corrected chi connectivity index (χ1v) is 9.71. The Morgan fingerprint density at radius 2 is 1.76 bits per heavy atom. The van der Waals surface area contributed by atoms with E-state index >= 15 is 0 Å². The van der Waals surface area contributed by atoms with E-state index in [1.54, 1.807) is 36.4 Å². The van der Waals surface area contributed by atoms with Gasteiger partial charge >= 0.3 is 0 Å². The van der Waals surface area contributed by atoms with E-state index in [2.05, 4.69) is 10.0 Å². The molecule has 25 heavy (non-hydrogen) atoms. The van der Waals surface area contributed by atoms with E-state index in [-0.39, 0.29) is 30.6 Å². The zero-order valence-electron chi connectivity index (χ0n) is 14.1. The minimum Gasteiger partial charge on any atom is -0.352 e. The highest BCUT2D eigenvalue weighted by Crippen LogP contribution is 2.20. The summed E-state index contributed by atoms with van der Waals surface area (Å²) in [6, 6.07) is 13.0. The Hall–Kier alpha value is -2.41. The lowest BCUT2D eigenvalue weighted by Crippen LogP contribution is -2.25. The second kappa shape index (κ2) is 8.11. The van der Waals surface area contributed by atoms with Crippen molar-refractivity contribution in [2.75, 3.05) is 11.0 Å². The number of halogens is 1. The lowest BCUT2D eigenvalue weighted by Gasteiger charge is -2.14. The Bertz CT molecular complexity index is 836. The van der Waals surface area contributed by atoms with Crippen molar-refractivity contribution in [1.82, 2.24) is 5.32 Å². The fourth-order valence-electron chi connectivity index (χ4n) is 2.43. The topological polar surface area (TPSA) is 75.3 Å². The van der Waals surface area contributed by atoms with Crippen molar-refractivity contribution in [3.63, 3.8) is 0 Å². The van der Waals surface area contributed by atoms with Gasteiger partial charge in [-0.25, -0.2) is 12.8 Å². The summed E-state index contributed by atoms with van der Waals surface area (Å²) in [5, 5.41) is 2.79. The van der Waals surface area contributed by atoms with Crippen LogP contribution in [0.1, 0.15) is 30.4 Å². The van der Waals surface area contributed by atoms with Crippen LogP contribution in [-0.4, -0.2) is 20.6 Å². The largest absolute Gasteiger partial charge is 0.352 e. The van der Waals surface area contributed by atoms with Gasteiger partial charge in [0.1, 0.15) is 5.82 Å². The van der Waals surface area contributed by atoms with Gasteiger partial charge in [-0.15, -0.1) is 0 Å². The standard InChI is InChI=1S/C18H21FN2O3S/c1-13(14-7-9-16(19)10-8-14)11-18(22)20-12-15-5-3-4-6-17(15)21-25(2,23)24/h3-10,13,21H,11-12H2,1-2H3,(H,20,22). The lowest BCUT2D eigenvalue weighted by molar-refractivity contribution is -0.121. The number of carbonyl (C=O) groups is 1. The molecule has 7 heteroatoms. The fraction of sp³-hybridized carbons (Fsp3) is 0.278. The number of anilines is 1. The van der Waals surface area contributed by atoms with E-state index in [4.69, 9.17) is 0 Å². The average molecular weight is 364 g/mol. The van der Waals surface area contributed by atoms with Gasteiger partial charge in [0.2, 0.25) is 15.9 Å². The van der Waals surface area contributed by atoms with Crippen LogP contribution in [0.3, 0.4) is 0 Å². The van der Waals surface area contributed by atoms with E-state index in [0.717, 1.165) is 11.8 Å². The van der Waals surface area contributed by atoms with E-state index < -0.39 is 10.0 Å². The lowest BCUT2D eigenvalue weighted by atomic mass is 9.97. The molecule has 0 saturated heterocycles. The summed E-state index contributed by atoms with van der Waals surface area (Å²) in [6.07, 6.45) is 1.33. The Balaban J connectivity index is 1.95. The maximum atomic E-state index is 12.9. The normalized spacial score (nSPS) is 12.4. The minimum atomic E-state index is -3.39. The molecule has 0 heterocycles. The maximum Gasteiger partial charge on any atom is 0.229 e. The molecule has 134 valence electrons. The summed E-state index contributed by atoms with van der Waals surface area (Å²) < 4.78 is 38.2. The van der Waals surface area contributed by atoms with Gasteiger partial charge in [-0.05, 0) is 35.2 Å². The molecule has 0 fully saturated rings. The SMILES string of the molecule is CC(CC(=O)NCc1ccccc1NS(C)(=O)=O)c1ccc(F)cc1. The molecule has 0 spiro atoms. The van der Waals surface area contributed by atoms with Crippen LogP contribution in [0, 0.1) is 5.82 Å². The minimum absolute atomic E-state index is 0.0509. The molecule has 0 bridgehead atoms. The molecule has 5 nitrogen and oxygen atoms in total. The van der Waals surface area contributed by atoms with Crippen LogP contribution < -0.4 is 10.0 Å². The molecule has 0 radical (unpaired) electrons. The number of hydrogen-bond donors (Lipinski definition) is 2. The maximum absolute atomic E-state index is 12.9. The van der Waals surface area contributed by atoms with Crippen molar-refractivity contribution in [3.8, 4) is 0 Å². The van der Waals surface area contributed by atoms with Gasteiger partial charge in [-0.2, -0.15) is 0 Å². The summed E-state index contributed by atoms with van der Waals surface area (Å²) in [7, 11) is -3.39. The second-order valence-electron chi connectivity index (χ2n) is 5.96. The number of rotatable bonds is 7. The first kappa shape index (κ1) is 18.9. The van der Waals surface area contributed by atoms with Crippen molar-refractivity contribution in [1.29, 1.82) is 0 Å². The Kier molecular flexibility index (Phi) is 6.14. The molecule has 0 aromatic heterocycles. The fourth-order valence-corrected chi connectivity index (χ4v) is 3.03. The van der Waals surface area contributed by atoms with Gasteiger partial charge < -0.3 is 5.32 Å². The molecule has 0 saturated carbocycles. The van der Waals surface area contributed by atoms with E-state index in [0.29, 0.717) is 11.3 Å². The Morgan fingerprint density at radius 1 is 1.12 bits per heavy atom. The van der Waals surface area contributed by atoms with Crippen LogP contribution >= 0.6 is 0 Å². The van der Waals surface area contributed by atoms with Crippen molar-refractivity contribution >= 4 is 21.6 Å². The van der Waals surface area contributed by atoms with Gasteiger partial charge in [0, 0.05) is 13.0 Å². The number of para-hydroxylation sites is 1. The van der Waals surface area contributed by atoms with Crippen LogP contribution in [0.2, 0.25) is 0 Å². The molecular weight excluding hydrogens is 343 g/mol. The van der Waals surface area contributed by atoms with Gasteiger partial charge in [0.05, 0.1) is 11.9 Å². The molecule has 1 unspecified atom stereocenters. The second-order valence-corrected chi connectivity index (χ2v) is 7.71. The van der Waals surface area contributed by atoms with Gasteiger partial charge in [-0.1, -0.05) is 37.3 Å². The van der Waals surface area contributed by atoms with Crippen molar-refractivity contribution in [2.45, 2.75) is 25.8 Å². The number of carbonyl (C=O) groups excluding carboxylic acids is 1. The first-order chi connectivity index (χ1) is 11.7. The van der Waals surface area contributed by atoms with Gasteiger partial charge in [-0.3, -0.25) is 9.52 Å². The smallest absolute Gasteiger partial charge is 0.229 e. The van der Waals surface area contributed by atoms with E-state index in [9.17, 15) is 17.6 Å². The molecule has 0 aliphatic rings. The first-order valence-electron chi connectivity index (χ1n) is 7.82. The molecule has 0 aliphatic carbocycles. The van der Waals surface area contributed by atoms with Crippen LogP contribution in [0.4, 0.5) is 10.1 Å². The van der Waals surface area contributed by atoms with Crippen LogP contribution in [0.25, 0.3) is 0 Å². The average Bonchev–Trinajstić information content (AvgIpc) is 2.53. The highest BCUT2D eigenvalue weighted by atomic mass is 32.2. The monoisotopic (exact) mass is 364 g/mol. The van der Waals surface area contributed by atoms with Crippen molar-refractivity contribution in [3.05, 3.63) is 65.5 Å². The highest BCUT2D eigenvalue weighted by Gasteiger charge is 2.12. The third kappa shape index (κ3) is 6.19. The summed E-state index contributed by atoms with van der Waals surface area (Å²) in [6.45, 7) is 2.11. The highest BCUT2D eigenvalue weighted by molar-refractivity contribution is 7.92. The zero-order chi connectivity index (χ0) is 18.4. The Labute approximate surface area is 147 Å². The van der Waals surface area contributed by atoms with Crippen molar-refractivity contribution in [2.24, 2.45) is 0 Å². The molecule has 1 amide bonds. The summed E-state index contributed by atoms with van der Waals surface area (Å²) in [5.74, 6) is -0.522. The van der Waals surface area contributed by atoms with Gasteiger partial charge in [0.25, 0.3) is 0 Å². The molecule has 2 rings (SSSR count). The van der Waals surface area contributed by atoms with Gasteiger partial charge in [0.15, 0.2) is 0 Å². The summed E-state index contributed by atoms with van der Waals surface area (Å²) in [5.41, 5.74) is 2.00. The number of hydrogen-bond acceptors (Lipinski definition) is 3. The Morgan fingerprint density at radius 3 is 2.40 bits per heavy atom. The summed E-state index contributed by atoms with van der Waals surface area (Å²) >= 11 is 0. The predicted octanol–water partition coefficient (Wildman–Crippen LogP) is 3.01. The number of amides is 1. The quantitative estimate of drug-likeness (QED) is 0.793. The molecule has 2 aromatic rings. The van der Waals surface area contributed by atoms with Crippen LogP contribution in [-0.2, 0) is 21.4 Å². The van der Waals surface area contributed by atoms with Crippen LogP contribution in [0.5, 0.6) is 0 Å². The zero-order valence-corrected chi connectivity index (χ0v) is 14.9. The number of sulfonamides is 1. The third-order valence-corrected chi connectivity index (χ3v) is 4.31. The molecule has 0 aliphatic heterocycles. The number of nitrogens with one attached hydrogen (secondary N) is 2. The van der Waals surface area contributed by atoms with Crippen LogP contribution in [0.15, 0.2) is 48.5 Å². The molecule has 1 atom stereocenters. The molecule has 2 N–H and O–H groups in total. The van der Waals surface area contributed by atoms with E-state index in [1.165, 1.54) is 12.1 Å². The summed E-state index contributed by atoms with van der Waals surface area (Å²) in [4.78, 5) is 12.1.